The number of rotatable bonds is 6. The van der Waals surface area contributed by atoms with Crippen molar-refractivity contribution in [1.29, 1.82) is 0 Å². The van der Waals surface area contributed by atoms with Gasteiger partial charge in [-0.25, -0.2) is 4.79 Å². The molecule has 5 heteroatoms. The van der Waals surface area contributed by atoms with Crippen LogP contribution in [0.25, 0.3) is 0 Å². The molecule has 4 N–H and O–H groups in total. The molecule has 1 saturated carbocycles. The lowest BCUT2D eigenvalue weighted by Crippen LogP contribution is -2.38. The van der Waals surface area contributed by atoms with Crippen molar-refractivity contribution in [3.63, 3.8) is 0 Å². The first-order valence-electron chi connectivity index (χ1n) is 7.16. The van der Waals surface area contributed by atoms with E-state index in [0.29, 0.717) is 24.4 Å². The maximum absolute atomic E-state index is 11.6. The lowest BCUT2D eigenvalue weighted by molar-refractivity contribution is 0.0522. The van der Waals surface area contributed by atoms with E-state index in [9.17, 15) is 4.79 Å². The monoisotopic (exact) mass is 271 g/mol. The van der Waals surface area contributed by atoms with E-state index in [0.717, 1.165) is 13.0 Å². The van der Waals surface area contributed by atoms with E-state index in [1.165, 1.54) is 0 Å². The van der Waals surface area contributed by atoms with Crippen molar-refractivity contribution in [2.45, 2.75) is 58.7 Å². The molecule has 0 saturated heterocycles. The highest BCUT2D eigenvalue weighted by Gasteiger charge is 2.39. The van der Waals surface area contributed by atoms with Crippen molar-refractivity contribution in [2.24, 2.45) is 17.6 Å². The number of carbonyl (C=O) groups is 1. The highest BCUT2D eigenvalue weighted by atomic mass is 16.6. The van der Waals surface area contributed by atoms with Gasteiger partial charge in [-0.2, -0.15) is 0 Å². The van der Waals surface area contributed by atoms with Gasteiger partial charge >= 0.3 is 6.09 Å². The number of nitrogens with one attached hydrogen (secondary N) is 2. The highest BCUT2D eigenvalue weighted by Crippen LogP contribution is 2.22. The number of nitrogens with two attached hydrogens (primary N) is 1. The Morgan fingerprint density at radius 3 is 2.47 bits per heavy atom. The van der Waals surface area contributed by atoms with E-state index in [4.69, 9.17) is 10.5 Å². The normalized spacial score (nSPS) is 24.2. The van der Waals surface area contributed by atoms with Crippen molar-refractivity contribution < 1.29 is 9.53 Å². The van der Waals surface area contributed by atoms with E-state index < -0.39 is 5.60 Å². The van der Waals surface area contributed by atoms with E-state index in [-0.39, 0.29) is 12.1 Å². The Balaban J connectivity index is 2.20. The summed E-state index contributed by atoms with van der Waals surface area (Å²) < 4.78 is 5.22. The van der Waals surface area contributed by atoms with Gasteiger partial charge in [0.15, 0.2) is 0 Å². The molecule has 1 fully saturated rings. The Kier molecular flexibility index (Phi) is 5.62. The second-order valence-corrected chi connectivity index (χ2v) is 6.74. The van der Waals surface area contributed by atoms with Crippen LogP contribution in [-0.2, 0) is 4.74 Å². The van der Waals surface area contributed by atoms with Crippen LogP contribution < -0.4 is 16.4 Å². The third-order valence-corrected chi connectivity index (χ3v) is 3.38. The molecule has 1 rings (SSSR count). The molecular formula is C14H29N3O2. The SMILES string of the molecule is CC(C)C(CN)CNC1CC1NC(=O)OC(C)(C)C. The quantitative estimate of drug-likeness (QED) is 0.684. The number of carbonyl (C=O) groups excluding carboxylic acids is 1. The predicted octanol–water partition coefficient (Wildman–Crippen LogP) is 1.47. The molecule has 0 aromatic rings. The second kappa shape index (κ2) is 6.57. The van der Waals surface area contributed by atoms with Gasteiger partial charge in [0.1, 0.15) is 5.60 Å². The van der Waals surface area contributed by atoms with Gasteiger partial charge in [0.25, 0.3) is 0 Å². The lowest BCUT2D eigenvalue weighted by Gasteiger charge is -2.20. The molecule has 0 aliphatic heterocycles. The minimum atomic E-state index is -0.440. The molecule has 0 aromatic heterocycles. The van der Waals surface area contributed by atoms with Gasteiger partial charge in [-0.1, -0.05) is 13.8 Å². The summed E-state index contributed by atoms with van der Waals surface area (Å²) in [5, 5.41) is 6.33. The van der Waals surface area contributed by atoms with Gasteiger partial charge < -0.3 is 21.1 Å². The third kappa shape index (κ3) is 6.25. The first kappa shape index (κ1) is 16.2. The van der Waals surface area contributed by atoms with Gasteiger partial charge in [-0.3, -0.25) is 0 Å². The van der Waals surface area contributed by atoms with Gasteiger partial charge in [0.2, 0.25) is 0 Å². The molecule has 0 radical (unpaired) electrons. The maximum atomic E-state index is 11.6. The molecule has 3 unspecified atom stereocenters. The molecule has 19 heavy (non-hydrogen) atoms. The Morgan fingerprint density at radius 1 is 1.37 bits per heavy atom. The van der Waals surface area contributed by atoms with Crippen LogP contribution in [-0.4, -0.2) is 36.9 Å². The molecule has 112 valence electrons. The molecule has 0 aromatic carbocycles. The number of alkyl carbamates (subject to hydrolysis) is 1. The van der Waals surface area contributed by atoms with Crippen LogP contribution in [0.15, 0.2) is 0 Å². The molecule has 1 aliphatic rings. The fraction of sp³-hybridized carbons (Fsp3) is 0.929. The summed E-state index contributed by atoms with van der Waals surface area (Å²) in [5.74, 6) is 1.07. The van der Waals surface area contributed by atoms with E-state index >= 15 is 0 Å². The summed E-state index contributed by atoms with van der Waals surface area (Å²) in [5.41, 5.74) is 5.30. The fourth-order valence-electron chi connectivity index (χ4n) is 1.93. The first-order chi connectivity index (χ1) is 8.73. The minimum absolute atomic E-state index is 0.195. The van der Waals surface area contributed by atoms with Crippen molar-refractivity contribution in [3.8, 4) is 0 Å². The Labute approximate surface area is 116 Å². The highest BCUT2D eigenvalue weighted by molar-refractivity contribution is 5.68. The van der Waals surface area contributed by atoms with Crippen molar-refractivity contribution in [3.05, 3.63) is 0 Å². The number of hydrogen-bond donors (Lipinski definition) is 3. The Morgan fingerprint density at radius 2 is 2.00 bits per heavy atom. The standard InChI is InChI=1S/C14H29N3O2/c1-9(2)10(7-15)8-16-11-6-12(11)17-13(18)19-14(3,4)5/h9-12,16H,6-8,15H2,1-5H3,(H,17,18). The summed E-state index contributed by atoms with van der Waals surface area (Å²) in [7, 11) is 0. The third-order valence-electron chi connectivity index (χ3n) is 3.38. The molecule has 1 amide bonds. The van der Waals surface area contributed by atoms with Crippen molar-refractivity contribution in [2.75, 3.05) is 13.1 Å². The van der Waals surface area contributed by atoms with Crippen LogP contribution in [0.4, 0.5) is 4.79 Å². The lowest BCUT2D eigenvalue weighted by atomic mass is 9.96. The average Bonchev–Trinajstić information content (AvgIpc) is 2.93. The van der Waals surface area contributed by atoms with Crippen LogP contribution in [0.3, 0.4) is 0 Å². The Hall–Kier alpha value is -0.810. The Bertz CT molecular complexity index is 300. The zero-order valence-electron chi connectivity index (χ0n) is 12.8. The van der Waals surface area contributed by atoms with Crippen LogP contribution in [0.2, 0.25) is 0 Å². The first-order valence-corrected chi connectivity index (χ1v) is 7.16. The second-order valence-electron chi connectivity index (χ2n) is 6.74. The van der Waals surface area contributed by atoms with Gasteiger partial charge in [0.05, 0.1) is 0 Å². The van der Waals surface area contributed by atoms with E-state index in [1.807, 2.05) is 20.8 Å². The topological polar surface area (TPSA) is 76.4 Å². The van der Waals surface area contributed by atoms with Crippen LogP contribution >= 0.6 is 0 Å². The van der Waals surface area contributed by atoms with Crippen molar-refractivity contribution in [1.82, 2.24) is 10.6 Å². The zero-order valence-corrected chi connectivity index (χ0v) is 12.8. The number of ether oxygens (including phenoxy) is 1. The smallest absolute Gasteiger partial charge is 0.407 e. The van der Waals surface area contributed by atoms with Crippen LogP contribution in [0, 0.1) is 11.8 Å². The molecule has 0 spiro atoms. The maximum Gasteiger partial charge on any atom is 0.407 e. The van der Waals surface area contributed by atoms with Crippen LogP contribution in [0.1, 0.15) is 41.0 Å². The van der Waals surface area contributed by atoms with Crippen LogP contribution in [0.5, 0.6) is 0 Å². The molecule has 0 heterocycles. The largest absolute Gasteiger partial charge is 0.444 e. The van der Waals surface area contributed by atoms with Gasteiger partial charge in [-0.05, 0) is 52.1 Å². The minimum Gasteiger partial charge on any atom is -0.444 e. The van der Waals surface area contributed by atoms with Crippen molar-refractivity contribution >= 4 is 6.09 Å². The predicted molar refractivity (Wildman–Crippen MR) is 76.9 cm³/mol. The van der Waals surface area contributed by atoms with Gasteiger partial charge in [0, 0.05) is 12.1 Å². The molecule has 3 atom stereocenters. The zero-order chi connectivity index (χ0) is 14.6. The molecule has 1 aliphatic carbocycles. The summed E-state index contributed by atoms with van der Waals surface area (Å²) in [6, 6.07) is 0.556. The molecular weight excluding hydrogens is 242 g/mol. The average molecular weight is 271 g/mol. The van der Waals surface area contributed by atoms with Gasteiger partial charge in [-0.15, -0.1) is 0 Å². The summed E-state index contributed by atoms with van der Waals surface area (Å²) in [6.07, 6.45) is 0.635. The molecule has 5 nitrogen and oxygen atoms in total. The summed E-state index contributed by atoms with van der Waals surface area (Å²) in [4.78, 5) is 11.6. The molecule has 0 bridgehead atoms. The number of amides is 1. The fourth-order valence-corrected chi connectivity index (χ4v) is 1.93. The summed E-state index contributed by atoms with van der Waals surface area (Å²) in [6.45, 7) is 11.6. The number of hydrogen-bond acceptors (Lipinski definition) is 4. The van der Waals surface area contributed by atoms with E-state index in [2.05, 4.69) is 24.5 Å². The summed E-state index contributed by atoms with van der Waals surface area (Å²) >= 11 is 0. The van der Waals surface area contributed by atoms with E-state index in [1.54, 1.807) is 0 Å².